The van der Waals surface area contributed by atoms with Crippen molar-refractivity contribution in [1.29, 1.82) is 0 Å². The first-order chi connectivity index (χ1) is 8.87. The summed E-state index contributed by atoms with van der Waals surface area (Å²) in [6.07, 6.45) is 4.67. The number of hydrogen-bond acceptors (Lipinski definition) is 5. The Morgan fingerprint density at radius 2 is 1.63 bits per heavy atom. The van der Waals surface area contributed by atoms with E-state index in [2.05, 4.69) is 30.4 Å². The Hall–Kier alpha value is -1.49. The normalized spacial score (nSPS) is 11.4. The molecule has 112 valence electrons. The molecule has 19 heavy (non-hydrogen) atoms. The van der Waals surface area contributed by atoms with Gasteiger partial charge in [-0.15, -0.1) is 0 Å². The number of ether oxygens (including phenoxy) is 4. The van der Waals surface area contributed by atoms with Crippen LogP contribution in [-0.4, -0.2) is 39.4 Å². The molecular weight excluding hydrogens is 252 g/mol. The highest BCUT2D eigenvalue weighted by Gasteiger charge is 2.27. The van der Waals surface area contributed by atoms with Crippen LogP contribution in [0, 0.1) is 12.0 Å². The fourth-order valence-electron chi connectivity index (χ4n) is 1.06. The highest BCUT2D eigenvalue weighted by Crippen LogP contribution is 2.10. The molecule has 0 aromatic carbocycles. The van der Waals surface area contributed by atoms with Crippen LogP contribution in [0.15, 0.2) is 0 Å². The second kappa shape index (κ2) is 11.6. The van der Waals surface area contributed by atoms with Crippen LogP contribution < -0.4 is 11.5 Å². The Balaban J connectivity index is 0. The van der Waals surface area contributed by atoms with Crippen molar-refractivity contribution in [2.24, 2.45) is 11.5 Å². The van der Waals surface area contributed by atoms with Crippen LogP contribution in [0.3, 0.4) is 0 Å². The number of primary amides is 2. The molecule has 2 amide bonds. The lowest BCUT2D eigenvalue weighted by atomic mass is 10.2. The summed E-state index contributed by atoms with van der Waals surface area (Å²) in [7, 11) is 4.37. The second-order valence-electron chi connectivity index (χ2n) is 3.52. The lowest BCUT2D eigenvalue weighted by Crippen LogP contribution is -2.34. The number of carbonyl (C=O) groups excluding carboxylic acids is 1. The van der Waals surface area contributed by atoms with E-state index in [1.165, 1.54) is 21.3 Å². The summed E-state index contributed by atoms with van der Waals surface area (Å²) in [5.74, 6) is 1.31. The van der Waals surface area contributed by atoms with E-state index in [0.29, 0.717) is 0 Å². The third-order valence-electron chi connectivity index (χ3n) is 1.97. The minimum atomic E-state index is -1.33. The molecule has 0 saturated carbocycles. The fourth-order valence-corrected chi connectivity index (χ4v) is 1.06. The first-order valence-electron chi connectivity index (χ1n) is 5.75. The molecule has 0 aliphatic rings. The fraction of sp³-hybridized carbons (Fsp3) is 0.750. The summed E-state index contributed by atoms with van der Waals surface area (Å²) in [5, 5.41) is 0. The molecule has 0 saturated heterocycles. The van der Waals surface area contributed by atoms with E-state index in [-0.39, 0.29) is 6.10 Å². The SMILES string of the molecule is CCCC(C)OC#CC(OC)(OC)OC.NC(N)=O. The predicted octanol–water partition coefficient (Wildman–Crippen LogP) is 0.769. The van der Waals surface area contributed by atoms with E-state index >= 15 is 0 Å². The molecule has 0 aromatic heterocycles. The minimum absolute atomic E-state index is 0.103. The van der Waals surface area contributed by atoms with E-state index in [9.17, 15) is 0 Å². The van der Waals surface area contributed by atoms with Gasteiger partial charge in [-0.1, -0.05) is 13.3 Å². The van der Waals surface area contributed by atoms with Crippen molar-refractivity contribution in [3.8, 4) is 12.0 Å². The predicted molar refractivity (Wildman–Crippen MR) is 70.8 cm³/mol. The summed E-state index contributed by atoms with van der Waals surface area (Å²) in [5.41, 5.74) is 8.50. The van der Waals surface area contributed by atoms with Crippen molar-refractivity contribution in [3.63, 3.8) is 0 Å². The van der Waals surface area contributed by atoms with Crippen molar-refractivity contribution < 1.29 is 23.7 Å². The Morgan fingerprint density at radius 1 is 1.21 bits per heavy atom. The highest BCUT2D eigenvalue weighted by molar-refractivity contribution is 5.69. The van der Waals surface area contributed by atoms with E-state index in [4.69, 9.17) is 23.7 Å². The Bertz CT molecular complexity index is 282. The molecule has 0 spiro atoms. The maximum Gasteiger partial charge on any atom is 0.355 e. The van der Waals surface area contributed by atoms with Crippen LogP contribution in [-0.2, 0) is 18.9 Å². The van der Waals surface area contributed by atoms with Crippen LogP contribution >= 0.6 is 0 Å². The van der Waals surface area contributed by atoms with Crippen molar-refractivity contribution in [1.82, 2.24) is 0 Å². The minimum Gasteiger partial charge on any atom is -0.443 e. The maximum atomic E-state index is 9.00. The van der Waals surface area contributed by atoms with Gasteiger partial charge in [0.05, 0.1) is 0 Å². The lowest BCUT2D eigenvalue weighted by molar-refractivity contribution is -0.311. The Labute approximate surface area is 114 Å². The molecule has 0 aliphatic heterocycles. The number of carbonyl (C=O) groups is 1. The van der Waals surface area contributed by atoms with Gasteiger partial charge in [0, 0.05) is 27.2 Å². The van der Waals surface area contributed by atoms with E-state index in [1.54, 1.807) is 0 Å². The summed E-state index contributed by atoms with van der Waals surface area (Å²) in [6.45, 7) is 4.06. The average Bonchev–Trinajstić information content (AvgIpc) is 2.35. The van der Waals surface area contributed by atoms with Crippen LogP contribution in [0.2, 0.25) is 0 Å². The van der Waals surface area contributed by atoms with Crippen molar-refractivity contribution in [3.05, 3.63) is 0 Å². The zero-order valence-corrected chi connectivity index (χ0v) is 12.2. The molecule has 0 heterocycles. The molecule has 0 bridgehead atoms. The maximum absolute atomic E-state index is 9.00. The number of rotatable bonds is 6. The van der Waals surface area contributed by atoms with Gasteiger partial charge in [-0.05, 0) is 13.3 Å². The van der Waals surface area contributed by atoms with Gasteiger partial charge in [0.25, 0.3) is 0 Å². The highest BCUT2D eigenvalue weighted by atomic mass is 16.9. The van der Waals surface area contributed by atoms with Gasteiger partial charge < -0.3 is 30.4 Å². The van der Waals surface area contributed by atoms with Gasteiger partial charge in [0.2, 0.25) is 0 Å². The molecule has 0 aromatic rings. The molecule has 1 atom stereocenters. The molecule has 0 rings (SSSR count). The molecule has 7 heteroatoms. The topological polar surface area (TPSA) is 106 Å². The molecule has 4 N–H and O–H groups in total. The summed E-state index contributed by atoms with van der Waals surface area (Å²) >= 11 is 0. The molecule has 7 nitrogen and oxygen atoms in total. The number of amides is 2. The molecule has 0 radical (unpaired) electrons. The quantitative estimate of drug-likeness (QED) is 0.550. The third-order valence-corrected chi connectivity index (χ3v) is 1.97. The van der Waals surface area contributed by atoms with Crippen LogP contribution in [0.1, 0.15) is 26.7 Å². The second-order valence-corrected chi connectivity index (χ2v) is 3.52. The third kappa shape index (κ3) is 11.3. The van der Waals surface area contributed by atoms with Crippen LogP contribution in [0.25, 0.3) is 0 Å². The van der Waals surface area contributed by atoms with E-state index < -0.39 is 12.0 Å². The average molecular weight is 276 g/mol. The number of methoxy groups -OCH3 is 3. The van der Waals surface area contributed by atoms with Gasteiger partial charge in [-0.25, -0.2) is 4.79 Å². The van der Waals surface area contributed by atoms with Crippen molar-refractivity contribution in [2.45, 2.75) is 38.8 Å². The van der Waals surface area contributed by atoms with Crippen LogP contribution in [0.5, 0.6) is 0 Å². The summed E-state index contributed by atoms with van der Waals surface area (Å²) in [6, 6.07) is -0.833. The van der Waals surface area contributed by atoms with Gasteiger partial charge >= 0.3 is 12.0 Å². The molecule has 0 fully saturated rings. The van der Waals surface area contributed by atoms with Crippen molar-refractivity contribution >= 4 is 6.03 Å². The van der Waals surface area contributed by atoms with Gasteiger partial charge in [0.15, 0.2) is 0 Å². The Morgan fingerprint density at radius 3 is 1.95 bits per heavy atom. The number of hydrogen-bond donors (Lipinski definition) is 2. The van der Waals surface area contributed by atoms with Gasteiger partial charge in [-0.2, -0.15) is 0 Å². The van der Waals surface area contributed by atoms with Crippen LogP contribution in [0.4, 0.5) is 4.79 Å². The molecular formula is C12H24N2O5. The first-order valence-corrected chi connectivity index (χ1v) is 5.75. The smallest absolute Gasteiger partial charge is 0.355 e. The van der Waals surface area contributed by atoms with E-state index in [0.717, 1.165) is 12.8 Å². The lowest BCUT2D eigenvalue weighted by Gasteiger charge is -2.21. The van der Waals surface area contributed by atoms with E-state index in [1.807, 2.05) is 6.92 Å². The van der Waals surface area contributed by atoms with Gasteiger partial charge in [-0.3, -0.25) is 0 Å². The Kier molecular flexibility index (Phi) is 12.1. The molecule has 0 aliphatic carbocycles. The number of nitrogens with two attached hydrogens (primary N) is 2. The summed E-state index contributed by atoms with van der Waals surface area (Å²) < 4.78 is 20.2. The zero-order valence-electron chi connectivity index (χ0n) is 12.2. The number of urea groups is 1. The van der Waals surface area contributed by atoms with Crippen molar-refractivity contribution in [2.75, 3.05) is 21.3 Å². The molecule has 1 unspecified atom stereocenters. The first kappa shape index (κ1) is 19.8. The van der Waals surface area contributed by atoms with Gasteiger partial charge in [0.1, 0.15) is 12.2 Å². The monoisotopic (exact) mass is 276 g/mol. The largest absolute Gasteiger partial charge is 0.443 e. The standard InChI is InChI=1S/C11H20O4.CH4N2O/c1-6-7-10(2)15-9-8-11(12-3,13-4)14-5;2-1(3)4/h10H,6-7H2,1-5H3;(H4,2,3,4). The summed E-state index contributed by atoms with van der Waals surface area (Å²) in [4.78, 5) is 9.00. The zero-order chi connectivity index (χ0) is 15.3.